The van der Waals surface area contributed by atoms with Gasteiger partial charge in [-0.2, -0.15) is 0 Å². The average molecular weight is 207 g/mol. The van der Waals surface area contributed by atoms with Crippen LogP contribution < -0.4 is 10.9 Å². The molecule has 2 rings (SSSR count). The van der Waals surface area contributed by atoms with Crippen molar-refractivity contribution in [1.82, 2.24) is 0 Å². The van der Waals surface area contributed by atoms with Crippen LogP contribution in [0.1, 0.15) is 5.56 Å². The van der Waals surface area contributed by atoms with E-state index in [0.717, 1.165) is 5.56 Å². The van der Waals surface area contributed by atoms with E-state index in [1.54, 1.807) is 31.2 Å². The smallest absolute Gasteiger partial charge is 0.234 e. The zero-order valence-corrected chi connectivity index (χ0v) is 8.26. The standard InChI is InChI=1S/C11H7ClO2/c1-6-9(11(14)10(6)13)7-2-4-8(12)5-3-7/h2-5H,1H3. The summed E-state index contributed by atoms with van der Waals surface area (Å²) < 4.78 is 0. The van der Waals surface area contributed by atoms with Gasteiger partial charge in [0.2, 0.25) is 10.9 Å². The van der Waals surface area contributed by atoms with Crippen LogP contribution >= 0.6 is 11.6 Å². The molecule has 0 saturated heterocycles. The van der Waals surface area contributed by atoms with Crippen LogP contribution in [0.2, 0.25) is 5.02 Å². The van der Waals surface area contributed by atoms with Gasteiger partial charge in [0.05, 0.1) is 0 Å². The highest BCUT2D eigenvalue weighted by molar-refractivity contribution is 6.30. The van der Waals surface area contributed by atoms with E-state index in [1.165, 1.54) is 0 Å². The van der Waals surface area contributed by atoms with E-state index >= 15 is 0 Å². The first-order valence-electron chi connectivity index (χ1n) is 4.17. The van der Waals surface area contributed by atoms with E-state index in [0.29, 0.717) is 16.1 Å². The third kappa shape index (κ3) is 1.19. The lowest BCUT2D eigenvalue weighted by molar-refractivity contribution is 1.28. The van der Waals surface area contributed by atoms with E-state index in [-0.39, 0.29) is 5.43 Å². The zero-order chi connectivity index (χ0) is 10.3. The first-order chi connectivity index (χ1) is 6.61. The molecule has 2 aromatic rings. The molecule has 0 heterocycles. The molecule has 0 aliphatic heterocycles. The van der Waals surface area contributed by atoms with Gasteiger partial charge < -0.3 is 0 Å². The van der Waals surface area contributed by atoms with Crippen LogP contribution in [0.4, 0.5) is 0 Å². The molecule has 3 heteroatoms. The van der Waals surface area contributed by atoms with Gasteiger partial charge in [0.1, 0.15) is 0 Å². The van der Waals surface area contributed by atoms with Crippen molar-refractivity contribution in [3.05, 3.63) is 55.3 Å². The predicted octanol–water partition coefficient (Wildman–Crippen LogP) is 1.91. The maximum absolute atomic E-state index is 11.2. The Bertz CT molecular complexity index is 545. The van der Waals surface area contributed by atoms with Crippen LogP contribution in [0, 0.1) is 6.92 Å². The molecule has 0 bridgehead atoms. The van der Waals surface area contributed by atoms with Crippen molar-refractivity contribution in [2.75, 3.05) is 0 Å². The van der Waals surface area contributed by atoms with E-state index < -0.39 is 5.43 Å². The minimum absolute atomic E-state index is 0.380. The molecule has 0 saturated carbocycles. The number of hydrogen-bond acceptors (Lipinski definition) is 2. The van der Waals surface area contributed by atoms with Crippen LogP contribution in [0.5, 0.6) is 0 Å². The molecule has 0 N–H and O–H groups in total. The Morgan fingerprint density at radius 2 is 1.57 bits per heavy atom. The predicted molar refractivity (Wildman–Crippen MR) is 56.5 cm³/mol. The summed E-state index contributed by atoms with van der Waals surface area (Å²) in [4.78, 5) is 22.2. The van der Waals surface area contributed by atoms with Crippen molar-refractivity contribution in [3.63, 3.8) is 0 Å². The van der Waals surface area contributed by atoms with Crippen LogP contribution in [-0.2, 0) is 0 Å². The second-order valence-corrected chi connectivity index (χ2v) is 3.60. The normalized spacial score (nSPS) is 10.7. The van der Waals surface area contributed by atoms with Crippen molar-refractivity contribution in [3.8, 4) is 11.1 Å². The number of hydrogen-bond donors (Lipinski definition) is 0. The highest BCUT2D eigenvalue weighted by Gasteiger charge is 2.17. The Hall–Kier alpha value is -1.41. The monoisotopic (exact) mass is 206 g/mol. The topological polar surface area (TPSA) is 34.1 Å². The van der Waals surface area contributed by atoms with Gasteiger partial charge in [-0.3, -0.25) is 9.59 Å². The van der Waals surface area contributed by atoms with E-state index in [4.69, 9.17) is 11.6 Å². The Kier molecular flexibility index (Phi) is 2.01. The maximum atomic E-state index is 11.2. The summed E-state index contributed by atoms with van der Waals surface area (Å²) >= 11 is 5.71. The first-order valence-corrected chi connectivity index (χ1v) is 4.55. The van der Waals surface area contributed by atoms with Gasteiger partial charge >= 0.3 is 0 Å². The summed E-state index contributed by atoms with van der Waals surface area (Å²) in [5, 5.41) is 0.616. The number of rotatable bonds is 1. The number of halogens is 1. The number of benzene rings is 1. The molecule has 70 valence electrons. The summed E-state index contributed by atoms with van der Waals surface area (Å²) in [6.45, 7) is 1.66. The van der Waals surface area contributed by atoms with Gasteiger partial charge in [-0.05, 0) is 24.6 Å². The maximum Gasteiger partial charge on any atom is 0.234 e. The summed E-state index contributed by atoms with van der Waals surface area (Å²) in [6.07, 6.45) is 0. The molecule has 0 aromatic heterocycles. The van der Waals surface area contributed by atoms with Crippen molar-refractivity contribution >= 4 is 11.6 Å². The van der Waals surface area contributed by atoms with E-state index in [9.17, 15) is 9.59 Å². The van der Waals surface area contributed by atoms with Crippen LogP contribution in [0.25, 0.3) is 11.1 Å². The quantitative estimate of drug-likeness (QED) is 0.668. The second kappa shape index (κ2) is 3.07. The van der Waals surface area contributed by atoms with E-state index in [2.05, 4.69) is 0 Å². The molecule has 0 unspecified atom stereocenters. The summed E-state index contributed by atoms with van der Waals surface area (Å²) in [6, 6.07) is 6.89. The largest absolute Gasteiger partial charge is 0.285 e. The Morgan fingerprint density at radius 1 is 1.00 bits per heavy atom. The fourth-order valence-corrected chi connectivity index (χ4v) is 1.60. The fourth-order valence-electron chi connectivity index (χ4n) is 1.47. The third-order valence-corrected chi connectivity index (χ3v) is 2.53. The van der Waals surface area contributed by atoms with Crippen molar-refractivity contribution in [1.29, 1.82) is 0 Å². The lowest BCUT2D eigenvalue weighted by Gasteiger charge is -2.06. The molecule has 0 aliphatic rings. The van der Waals surface area contributed by atoms with Gasteiger partial charge in [0.25, 0.3) is 0 Å². The molecular weight excluding hydrogens is 200 g/mol. The lowest BCUT2D eigenvalue weighted by Crippen LogP contribution is -2.35. The van der Waals surface area contributed by atoms with Gasteiger partial charge in [0, 0.05) is 16.1 Å². The van der Waals surface area contributed by atoms with Gasteiger partial charge in [0.15, 0.2) is 0 Å². The SMILES string of the molecule is Cc1c(-c2ccc(Cl)cc2)c(=O)c1=O. The van der Waals surface area contributed by atoms with Gasteiger partial charge in [-0.25, -0.2) is 0 Å². The van der Waals surface area contributed by atoms with Crippen LogP contribution in [0.15, 0.2) is 33.9 Å². The Labute approximate surface area is 85.5 Å². The molecule has 0 fully saturated rings. The van der Waals surface area contributed by atoms with Gasteiger partial charge in [-0.15, -0.1) is 0 Å². The zero-order valence-electron chi connectivity index (χ0n) is 7.50. The second-order valence-electron chi connectivity index (χ2n) is 3.17. The van der Waals surface area contributed by atoms with Crippen LogP contribution in [0.3, 0.4) is 0 Å². The Balaban J connectivity index is 2.58. The van der Waals surface area contributed by atoms with Crippen molar-refractivity contribution < 1.29 is 0 Å². The van der Waals surface area contributed by atoms with Crippen molar-refractivity contribution in [2.24, 2.45) is 0 Å². The fraction of sp³-hybridized carbons (Fsp3) is 0.0909. The first kappa shape index (κ1) is 9.16. The molecule has 0 aliphatic carbocycles. The minimum atomic E-state index is -0.398. The summed E-state index contributed by atoms with van der Waals surface area (Å²) in [5.41, 5.74) is 1.04. The molecule has 0 amide bonds. The molecule has 2 aromatic carbocycles. The molecule has 0 radical (unpaired) electrons. The lowest BCUT2D eigenvalue weighted by atomic mass is 9.95. The van der Waals surface area contributed by atoms with Crippen LogP contribution in [-0.4, -0.2) is 0 Å². The molecule has 0 spiro atoms. The highest BCUT2D eigenvalue weighted by Crippen LogP contribution is 2.20. The summed E-state index contributed by atoms with van der Waals surface area (Å²) in [7, 11) is 0. The molecule has 2 nitrogen and oxygen atoms in total. The van der Waals surface area contributed by atoms with Crippen molar-refractivity contribution in [2.45, 2.75) is 6.92 Å². The Morgan fingerprint density at radius 3 is 2.07 bits per heavy atom. The molecule has 0 atom stereocenters. The highest BCUT2D eigenvalue weighted by atomic mass is 35.5. The third-order valence-electron chi connectivity index (χ3n) is 2.28. The average Bonchev–Trinajstić information content (AvgIpc) is 2.21. The minimum Gasteiger partial charge on any atom is -0.285 e. The molecule has 14 heavy (non-hydrogen) atoms. The summed E-state index contributed by atoms with van der Waals surface area (Å²) in [5.74, 6) is 0. The van der Waals surface area contributed by atoms with Gasteiger partial charge in [-0.1, -0.05) is 23.7 Å². The molecular formula is C11H7ClO2. The van der Waals surface area contributed by atoms with E-state index in [1.807, 2.05) is 0 Å².